The molecule has 2 aromatic carbocycles. The van der Waals surface area contributed by atoms with Crippen molar-refractivity contribution >= 4 is 6.08 Å². The zero-order chi connectivity index (χ0) is 21.1. The van der Waals surface area contributed by atoms with Gasteiger partial charge in [0.2, 0.25) is 0 Å². The maximum Gasteiger partial charge on any atom is 0.123 e. The zero-order valence-corrected chi connectivity index (χ0v) is 18.3. The highest BCUT2D eigenvalue weighted by Gasteiger charge is 2.35. The standard InChI is InChI=1S/C29H33F/c1-4-21-8-10-22(11-9-21)18-29-27(23-12-15-26(30)16-13-23)7-5-6-25-19-24(20(2)3)14-17-28(25)29/h4,8-17,20,25,27,29H,1,5-7,18-19H2,2-3H3. The molecule has 30 heavy (non-hydrogen) atoms. The van der Waals surface area contributed by atoms with Gasteiger partial charge >= 0.3 is 0 Å². The van der Waals surface area contributed by atoms with Crippen molar-refractivity contribution in [2.24, 2.45) is 17.8 Å². The first-order valence-corrected chi connectivity index (χ1v) is 11.4. The molecule has 0 heterocycles. The van der Waals surface area contributed by atoms with Gasteiger partial charge in [-0.15, -0.1) is 0 Å². The van der Waals surface area contributed by atoms with E-state index < -0.39 is 0 Å². The molecule has 156 valence electrons. The van der Waals surface area contributed by atoms with E-state index in [9.17, 15) is 4.39 Å². The Kier molecular flexibility index (Phi) is 6.37. The summed E-state index contributed by atoms with van der Waals surface area (Å²) in [5.41, 5.74) is 7.01. The van der Waals surface area contributed by atoms with Gasteiger partial charge in [0, 0.05) is 0 Å². The second-order valence-corrected chi connectivity index (χ2v) is 9.31. The average molecular weight is 401 g/mol. The molecule has 0 aliphatic heterocycles. The van der Waals surface area contributed by atoms with E-state index in [2.05, 4.69) is 56.8 Å². The minimum atomic E-state index is -0.150. The van der Waals surface area contributed by atoms with Crippen LogP contribution in [0.1, 0.15) is 62.1 Å². The summed E-state index contributed by atoms with van der Waals surface area (Å²) in [6.45, 7) is 8.49. The molecule has 0 aromatic heterocycles. The number of hydrogen-bond acceptors (Lipinski definition) is 0. The van der Waals surface area contributed by atoms with Gasteiger partial charge in [-0.05, 0) is 78.2 Å². The van der Waals surface area contributed by atoms with Crippen molar-refractivity contribution in [3.63, 3.8) is 0 Å². The molecule has 0 radical (unpaired) electrons. The van der Waals surface area contributed by atoms with E-state index in [1.165, 1.54) is 36.8 Å². The maximum atomic E-state index is 13.6. The van der Waals surface area contributed by atoms with Gasteiger partial charge in [0.15, 0.2) is 0 Å². The molecule has 0 spiro atoms. The summed E-state index contributed by atoms with van der Waals surface area (Å²) in [5.74, 6) is 2.01. The first-order chi connectivity index (χ1) is 14.5. The number of allylic oxidation sites excluding steroid dienone is 4. The van der Waals surface area contributed by atoms with Crippen molar-refractivity contribution in [3.8, 4) is 0 Å². The zero-order valence-electron chi connectivity index (χ0n) is 18.3. The Hall–Kier alpha value is -2.41. The Bertz CT molecular complexity index is 927. The van der Waals surface area contributed by atoms with Crippen LogP contribution in [-0.2, 0) is 6.42 Å². The van der Waals surface area contributed by atoms with Gasteiger partial charge in [0.05, 0.1) is 0 Å². The van der Waals surface area contributed by atoms with Crippen LogP contribution in [0.5, 0.6) is 0 Å². The summed E-state index contributed by atoms with van der Waals surface area (Å²) in [5, 5.41) is 0. The second-order valence-electron chi connectivity index (χ2n) is 9.31. The highest BCUT2D eigenvalue weighted by atomic mass is 19.1. The van der Waals surface area contributed by atoms with E-state index in [0.717, 1.165) is 12.0 Å². The lowest BCUT2D eigenvalue weighted by molar-refractivity contribution is 0.441. The van der Waals surface area contributed by atoms with Gasteiger partial charge in [-0.25, -0.2) is 4.39 Å². The molecule has 1 fully saturated rings. The van der Waals surface area contributed by atoms with Crippen LogP contribution in [0.15, 0.2) is 78.4 Å². The molecule has 0 bridgehead atoms. The minimum absolute atomic E-state index is 0.150. The Morgan fingerprint density at radius 2 is 1.73 bits per heavy atom. The van der Waals surface area contributed by atoms with Crippen LogP contribution in [0.3, 0.4) is 0 Å². The molecule has 3 atom stereocenters. The summed E-state index contributed by atoms with van der Waals surface area (Å²) >= 11 is 0. The van der Waals surface area contributed by atoms with Gasteiger partial charge < -0.3 is 0 Å². The predicted molar refractivity (Wildman–Crippen MR) is 126 cm³/mol. The molecule has 0 N–H and O–H groups in total. The Labute approximate surface area is 181 Å². The lowest BCUT2D eigenvalue weighted by atomic mass is 9.71. The van der Waals surface area contributed by atoms with E-state index in [0.29, 0.717) is 23.7 Å². The van der Waals surface area contributed by atoms with E-state index >= 15 is 0 Å². The molecule has 0 saturated heterocycles. The van der Waals surface area contributed by atoms with Crippen molar-refractivity contribution in [3.05, 3.63) is 101 Å². The third kappa shape index (κ3) is 4.51. The smallest absolute Gasteiger partial charge is 0.123 e. The molecule has 3 unspecified atom stereocenters. The average Bonchev–Trinajstić information content (AvgIpc) is 2.94. The molecule has 0 nitrogen and oxygen atoms in total. The predicted octanol–water partition coefficient (Wildman–Crippen LogP) is 8.12. The van der Waals surface area contributed by atoms with E-state index in [1.807, 2.05) is 18.2 Å². The summed E-state index contributed by atoms with van der Waals surface area (Å²) in [6, 6.07) is 16.1. The molecule has 2 aliphatic carbocycles. The SMILES string of the molecule is C=Cc1ccc(CC2C3=CC=C(C(C)C)CC3CCCC2c2ccc(F)cc2)cc1. The fourth-order valence-corrected chi connectivity index (χ4v) is 5.36. The number of benzene rings is 2. The number of halogens is 1. The van der Waals surface area contributed by atoms with Gasteiger partial charge in [-0.1, -0.05) is 92.6 Å². The highest BCUT2D eigenvalue weighted by molar-refractivity contribution is 5.47. The summed E-state index contributed by atoms with van der Waals surface area (Å²) in [6.07, 6.45) is 12.6. The number of rotatable bonds is 5. The Morgan fingerprint density at radius 1 is 1.00 bits per heavy atom. The topological polar surface area (TPSA) is 0 Å². The van der Waals surface area contributed by atoms with E-state index in [4.69, 9.17) is 0 Å². The van der Waals surface area contributed by atoms with Gasteiger partial charge in [0.25, 0.3) is 0 Å². The fourth-order valence-electron chi connectivity index (χ4n) is 5.36. The Balaban J connectivity index is 1.72. The van der Waals surface area contributed by atoms with Gasteiger partial charge in [0.1, 0.15) is 5.82 Å². The number of hydrogen-bond donors (Lipinski definition) is 0. The summed E-state index contributed by atoms with van der Waals surface area (Å²) in [4.78, 5) is 0. The largest absolute Gasteiger partial charge is 0.207 e. The van der Waals surface area contributed by atoms with Crippen LogP contribution in [-0.4, -0.2) is 0 Å². The van der Waals surface area contributed by atoms with Gasteiger partial charge in [-0.3, -0.25) is 0 Å². The molecular formula is C29H33F. The lowest BCUT2D eigenvalue weighted by Gasteiger charge is -2.33. The van der Waals surface area contributed by atoms with Crippen LogP contribution in [0.25, 0.3) is 6.08 Å². The Morgan fingerprint density at radius 3 is 2.40 bits per heavy atom. The molecule has 1 saturated carbocycles. The second kappa shape index (κ2) is 9.16. The minimum Gasteiger partial charge on any atom is -0.207 e. The lowest BCUT2D eigenvalue weighted by Crippen LogP contribution is -2.22. The summed E-state index contributed by atoms with van der Waals surface area (Å²) < 4.78 is 13.6. The van der Waals surface area contributed by atoms with Crippen LogP contribution in [0, 0.1) is 23.6 Å². The summed E-state index contributed by atoms with van der Waals surface area (Å²) in [7, 11) is 0. The van der Waals surface area contributed by atoms with Crippen LogP contribution >= 0.6 is 0 Å². The molecule has 0 amide bonds. The van der Waals surface area contributed by atoms with Crippen LogP contribution < -0.4 is 0 Å². The molecular weight excluding hydrogens is 367 g/mol. The van der Waals surface area contributed by atoms with E-state index in [1.54, 1.807) is 23.3 Å². The van der Waals surface area contributed by atoms with Crippen molar-refractivity contribution < 1.29 is 4.39 Å². The number of fused-ring (bicyclic) bond motifs is 1. The highest BCUT2D eigenvalue weighted by Crippen LogP contribution is 2.47. The third-order valence-corrected chi connectivity index (χ3v) is 7.14. The van der Waals surface area contributed by atoms with Gasteiger partial charge in [-0.2, -0.15) is 0 Å². The maximum absolute atomic E-state index is 13.6. The monoisotopic (exact) mass is 400 g/mol. The van der Waals surface area contributed by atoms with Crippen molar-refractivity contribution in [2.75, 3.05) is 0 Å². The van der Waals surface area contributed by atoms with Crippen molar-refractivity contribution in [2.45, 2.75) is 51.9 Å². The van der Waals surface area contributed by atoms with Crippen molar-refractivity contribution in [1.82, 2.24) is 0 Å². The van der Waals surface area contributed by atoms with E-state index in [-0.39, 0.29) is 5.82 Å². The normalized spacial score (nSPS) is 23.9. The van der Waals surface area contributed by atoms with Crippen molar-refractivity contribution in [1.29, 1.82) is 0 Å². The quantitative estimate of drug-likeness (QED) is 0.475. The first-order valence-electron chi connectivity index (χ1n) is 11.4. The molecule has 4 rings (SSSR count). The van der Waals surface area contributed by atoms with Crippen LogP contribution in [0.2, 0.25) is 0 Å². The first kappa shape index (κ1) is 20.8. The molecule has 2 aliphatic rings. The fraction of sp³-hybridized carbons (Fsp3) is 0.379. The third-order valence-electron chi connectivity index (χ3n) is 7.14. The van der Waals surface area contributed by atoms with Crippen LogP contribution in [0.4, 0.5) is 4.39 Å². The molecule has 1 heteroatoms. The molecule has 2 aromatic rings.